The van der Waals surface area contributed by atoms with Crippen molar-refractivity contribution >= 4 is 15.7 Å². The van der Waals surface area contributed by atoms with Gasteiger partial charge in [0, 0.05) is 20.6 Å². The summed E-state index contributed by atoms with van der Waals surface area (Å²) < 4.78 is 25.9. The summed E-state index contributed by atoms with van der Waals surface area (Å²) >= 11 is 0. The third-order valence-electron chi connectivity index (χ3n) is 3.38. The molecule has 0 spiro atoms. The fraction of sp³-hybridized carbons (Fsp3) is 0.250. The Morgan fingerprint density at radius 2 is 1.62 bits per heavy atom. The topological polar surface area (TPSA) is 49.4 Å². The van der Waals surface area contributed by atoms with Gasteiger partial charge >= 0.3 is 0 Å². The van der Waals surface area contributed by atoms with Gasteiger partial charge in [0.25, 0.3) is 0 Å². The Morgan fingerprint density at radius 1 is 1.00 bits per heavy atom. The highest BCUT2D eigenvalue weighted by atomic mass is 32.2. The highest BCUT2D eigenvalue weighted by Crippen LogP contribution is 2.24. The standard InChI is InChI=1S/C16H20N2O2S/c1-13-8-4-5-9-14(13)12-17-15-10-6-7-11-16(15)21(19,20)18(2)3/h4-11,17H,12H2,1-3H3. The minimum atomic E-state index is -3.45. The number of hydrogen-bond donors (Lipinski definition) is 1. The summed E-state index contributed by atoms with van der Waals surface area (Å²) in [5.41, 5.74) is 2.95. The van der Waals surface area contributed by atoms with Crippen molar-refractivity contribution in [2.75, 3.05) is 19.4 Å². The molecule has 112 valence electrons. The Hall–Kier alpha value is -1.85. The highest BCUT2D eigenvalue weighted by molar-refractivity contribution is 7.89. The third-order valence-corrected chi connectivity index (χ3v) is 5.25. The number of nitrogens with one attached hydrogen (secondary N) is 1. The molecule has 2 aromatic rings. The van der Waals surface area contributed by atoms with Crippen molar-refractivity contribution in [2.45, 2.75) is 18.4 Å². The molecule has 0 atom stereocenters. The van der Waals surface area contributed by atoms with E-state index >= 15 is 0 Å². The Balaban J connectivity index is 2.28. The Kier molecular flexibility index (Phi) is 4.65. The molecule has 0 saturated carbocycles. The number of benzene rings is 2. The molecule has 21 heavy (non-hydrogen) atoms. The van der Waals surface area contributed by atoms with Crippen LogP contribution in [0.15, 0.2) is 53.4 Å². The number of sulfonamides is 1. The molecule has 0 amide bonds. The van der Waals surface area contributed by atoms with Crippen molar-refractivity contribution in [3.8, 4) is 0 Å². The van der Waals surface area contributed by atoms with Crippen LogP contribution in [0.3, 0.4) is 0 Å². The molecule has 0 aliphatic carbocycles. The molecule has 2 aromatic carbocycles. The molecule has 0 bridgehead atoms. The molecule has 0 aliphatic heterocycles. The third kappa shape index (κ3) is 3.43. The van der Waals surface area contributed by atoms with Crippen LogP contribution in [-0.2, 0) is 16.6 Å². The first-order valence-electron chi connectivity index (χ1n) is 6.73. The molecule has 0 aromatic heterocycles. The summed E-state index contributed by atoms with van der Waals surface area (Å²) in [6.45, 7) is 2.63. The Labute approximate surface area is 126 Å². The van der Waals surface area contributed by atoms with Crippen molar-refractivity contribution in [1.82, 2.24) is 4.31 Å². The maximum Gasteiger partial charge on any atom is 0.244 e. The first-order valence-corrected chi connectivity index (χ1v) is 8.17. The summed E-state index contributed by atoms with van der Waals surface area (Å²) in [5, 5.41) is 3.23. The van der Waals surface area contributed by atoms with Gasteiger partial charge in [0.1, 0.15) is 4.90 Å². The smallest absolute Gasteiger partial charge is 0.244 e. The molecule has 5 heteroatoms. The molecular formula is C16H20N2O2S. The van der Waals surface area contributed by atoms with E-state index in [2.05, 4.69) is 5.32 Å². The van der Waals surface area contributed by atoms with Gasteiger partial charge < -0.3 is 5.32 Å². The Morgan fingerprint density at radius 3 is 2.29 bits per heavy atom. The zero-order valence-electron chi connectivity index (χ0n) is 12.5. The quantitative estimate of drug-likeness (QED) is 0.924. The molecule has 0 radical (unpaired) electrons. The van der Waals surface area contributed by atoms with Crippen molar-refractivity contribution in [2.24, 2.45) is 0 Å². The van der Waals surface area contributed by atoms with Crippen LogP contribution in [0.25, 0.3) is 0 Å². The van der Waals surface area contributed by atoms with E-state index in [4.69, 9.17) is 0 Å². The van der Waals surface area contributed by atoms with Crippen LogP contribution in [0.1, 0.15) is 11.1 Å². The lowest BCUT2D eigenvalue weighted by molar-refractivity contribution is 0.521. The van der Waals surface area contributed by atoms with Crippen LogP contribution in [-0.4, -0.2) is 26.8 Å². The molecule has 0 saturated heterocycles. The van der Waals surface area contributed by atoms with Gasteiger partial charge in [0.15, 0.2) is 0 Å². The SMILES string of the molecule is Cc1ccccc1CNc1ccccc1S(=O)(=O)N(C)C. The number of hydrogen-bond acceptors (Lipinski definition) is 3. The minimum absolute atomic E-state index is 0.295. The van der Waals surface area contributed by atoms with Crippen molar-refractivity contribution < 1.29 is 8.42 Å². The average molecular weight is 304 g/mol. The maximum absolute atomic E-state index is 12.3. The summed E-state index contributed by atoms with van der Waals surface area (Å²) in [5.74, 6) is 0. The van der Waals surface area contributed by atoms with Gasteiger partial charge in [-0.15, -0.1) is 0 Å². The molecule has 1 N–H and O–H groups in total. The maximum atomic E-state index is 12.3. The summed E-state index contributed by atoms with van der Waals surface area (Å²) in [6, 6.07) is 15.0. The molecule has 2 rings (SSSR count). The fourth-order valence-electron chi connectivity index (χ4n) is 2.03. The van der Waals surface area contributed by atoms with Gasteiger partial charge in [0.2, 0.25) is 10.0 Å². The van der Waals surface area contributed by atoms with Crippen LogP contribution in [0.5, 0.6) is 0 Å². The van der Waals surface area contributed by atoms with E-state index in [0.717, 1.165) is 5.56 Å². The molecule has 4 nitrogen and oxygen atoms in total. The molecular weight excluding hydrogens is 284 g/mol. The van der Waals surface area contributed by atoms with Crippen molar-refractivity contribution in [3.05, 3.63) is 59.7 Å². The second kappa shape index (κ2) is 6.28. The molecule has 0 unspecified atom stereocenters. The zero-order valence-corrected chi connectivity index (χ0v) is 13.3. The number of para-hydroxylation sites is 1. The summed E-state index contributed by atoms with van der Waals surface area (Å²) in [7, 11) is -0.381. The molecule has 0 fully saturated rings. The lowest BCUT2D eigenvalue weighted by atomic mass is 10.1. The van der Waals surface area contributed by atoms with Gasteiger partial charge in [-0.05, 0) is 30.2 Å². The number of nitrogens with zero attached hydrogens (tertiary/aromatic N) is 1. The lowest BCUT2D eigenvalue weighted by Gasteiger charge is -2.16. The first-order chi connectivity index (χ1) is 9.93. The zero-order chi connectivity index (χ0) is 15.5. The van der Waals surface area contributed by atoms with Crippen molar-refractivity contribution in [3.63, 3.8) is 0 Å². The second-order valence-corrected chi connectivity index (χ2v) is 7.18. The van der Waals surface area contributed by atoms with Crippen LogP contribution in [0, 0.1) is 6.92 Å². The normalized spacial score (nSPS) is 11.6. The van der Waals surface area contributed by atoms with E-state index in [-0.39, 0.29) is 0 Å². The van der Waals surface area contributed by atoms with E-state index < -0.39 is 10.0 Å². The van der Waals surface area contributed by atoms with Crippen LogP contribution < -0.4 is 5.32 Å². The van der Waals surface area contributed by atoms with E-state index in [9.17, 15) is 8.42 Å². The average Bonchev–Trinajstić information content (AvgIpc) is 2.46. The Bertz CT molecular complexity index is 725. The van der Waals surface area contributed by atoms with Crippen LogP contribution in [0.2, 0.25) is 0 Å². The van der Waals surface area contributed by atoms with Gasteiger partial charge in [-0.1, -0.05) is 36.4 Å². The number of rotatable bonds is 5. The summed E-state index contributed by atoms with van der Waals surface area (Å²) in [4.78, 5) is 0.295. The van der Waals surface area contributed by atoms with Crippen molar-refractivity contribution in [1.29, 1.82) is 0 Å². The molecule has 0 aliphatic rings. The van der Waals surface area contributed by atoms with E-state index in [1.165, 1.54) is 24.0 Å². The van der Waals surface area contributed by atoms with E-state index in [1.807, 2.05) is 37.3 Å². The van der Waals surface area contributed by atoms with Gasteiger partial charge in [-0.2, -0.15) is 0 Å². The van der Waals surface area contributed by atoms with E-state index in [0.29, 0.717) is 17.1 Å². The second-order valence-electron chi connectivity index (χ2n) is 5.06. The van der Waals surface area contributed by atoms with Gasteiger partial charge in [0.05, 0.1) is 5.69 Å². The number of anilines is 1. The minimum Gasteiger partial charge on any atom is -0.380 e. The fourth-order valence-corrected chi connectivity index (χ4v) is 3.10. The van der Waals surface area contributed by atoms with Crippen LogP contribution >= 0.6 is 0 Å². The lowest BCUT2D eigenvalue weighted by Crippen LogP contribution is -2.23. The largest absolute Gasteiger partial charge is 0.380 e. The van der Waals surface area contributed by atoms with E-state index in [1.54, 1.807) is 18.2 Å². The summed E-state index contributed by atoms with van der Waals surface area (Å²) in [6.07, 6.45) is 0. The van der Waals surface area contributed by atoms with Gasteiger partial charge in [-0.25, -0.2) is 12.7 Å². The predicted octanol–water partition coefficient (Wildman–Crippen LogP) is 2.86. The first kappa shape index (κ1) is 15.5. The monoisotopic (exact) mass is 304 g/mol. The van der Waals surface area contributed by atoms with Crippen LogP contribution in [0.4, 0.5) is 5.69 Å². The highest BCUT2D eigenvalue weighted by Gasteiger charge is 2.20. The number of aryl methyl sites for hydroxylation is 1. The molecule has 0 heterocycles. The predicted molar refractivity (Wildman–Crippen MR) is 85.8 cm³/mol. The van der Waals surface area contributed by atoms with Gasteiger partial charge in [-0.3, -0.25) is 0 Å².